The number of para-hydroxylation sites is 1. The van der Waals surface area contributed by atoms with Crippen molar-refractivity contribution in [1.29, 1.82) is 0 Å². The topological polar surface area (TPSA) is 4.93 Å². The summed E-state index contributed by atoms with van der Waals surface area (Å²) in [5, 5.41) is 2.74. The Bertz CT molecular complexity index is 1290. The summed E-state index contributed by atoms with van der Waals surface area (Å²) in [6.45, 7) is 0. The summed E-state index contributed by atoms with van der Waals surface area (Å²) in [7, 11) is 0. The van der Waals surface area contributed by atoms with Crippen LogP contribution in [0.1, 0.15) is 11.1 Å². The summed E-state index contributed by atoms with van der Waals surface area (Å²) in [5.41, 5.74) is 6.88. The zero-order chi connectivity index (χ0) is 15.8. The maximum atomic E-state index is 3.63. The number of hydrogen-bond donors (Lipinski definition) is 0. The molecule has 1 aliphatic rings. The van der Waals surface area contributed by atoms with Gasteiger partial charge in [-0.3, -0.25) is 0 Å². The number of halogens is 1. The summed E-state index contributed by atoms with van der Waals surface area (Å²) in [6.07, 6.45) is 1.00. The van der Waals surface area contributed by atoms with E-state index in [4.69, 9.17) is 0 Å². The minimum Gasteiger partial charge on any atom is -0.307 e. The van der Waals surface area contributed by atoms with Crippen molar-refractivity contribution in [2.75, 3.05) is 0 Å². The molecule has 1 aliphatic heterocycles. The SMILES string of the molecule is Brc1ccc2c(c1)Cc1cccc3c4sc5ccccc5c4n-2c13. The average Bonchev–Trinajstić information content (AvgIpc) is 3.12. The van der Waals surface area contributed by atoms with Crippen molar-refractivity contribution in [2.24, 2.45) is 0 Å². The van der Waals surface area contributed by atoms with Crippen molar-refractivity contribution in [2.45, 2.75) is 6.42 Å². The minimum absolute atomic E-state index is 1.00. The molecule has 0 N–H and O–H groups in total. The average molecular weight is 390 g/mol. The predicted molar refractivity (Wildman–Crippen MR) is 107 cm³/mol. The fourth-order valence-electron chi connectivity index (χ4n) is 4.09. The Morgan fingerprint density at radius 3 is 2.67 bits per heavy atom. The number of hydrogen-bond acceptors (Lipinski definition) is 1. The summed E-state index contributed by atoms with van der Waals surface area (Å²) >= 11 is 5.54. The van der Waals surface area contributed by atoms with E-state index in [1.165, 1.54) is 48.0 Å². The van der Waals surface area contributed by atoms with E-state index in [-0.39, 0.29) is 0 Å². The summed E-state index contributed by atoms with van der Waals surface area (Å²) in [5.74, 6) is 0. The number of nitrogens with zero attached hydrogens (tertiary/aromatic N) is 1. The van der Waals surface area contributed by atoms with Crippen molar-refractivity contribution >= 4 is 58.5 Å². The molecule has 0 bridgehead atoms. The Morgan fingerprint density at radius 1 is 0.833 bits per heavy atom. The van der Waals surface area contributed by atoms with E-state index in [0.717, 1.165) is 10.9 Å². The number of rotatable bonds is 0. The highest BCUT2D eigenvalue weighted by Gasteiger charge is 2.24. The van der Waals surface area contributed by atoms with Crippen molar-refractivity contribution < 1.29 is 0 Å². The van der Waals surface area contributed by atoms with Crippen molar-refractivity contribution in [3.8, 4) is 5.69 Å². The zero-order valence-corrected chi connectivity index (χ0v) is 15.1. The quantitative estimate of drug-likeness (QED) is 0.273. The lowest BCUT2D eigenvalue weighted by molar-refractivity contribution is 1.04. The molecule has 0 unspecified atom stereocenters. The molecule has 3 heteroatoms. The molecular formula is C21H12BrNS. The first-order chi connectivity index (χ1) is 11.8. The second kappa shape index (κ2) is 4.50. The largest absolute Gasteiger partial charge is 0.307 e. The number of fused-ring (bicyclic) bond motifs is 7. The van der Waals surface area contributed by atoms with Gasteiger partial charge in [-0.1, -0.05) is 52.3 Å². The van der Waals surface area contributed by atoms with Crippen molar-refractivity contribution in [1.82, 2.24) is 4.57 Å². The molecule has 0 radical (unpaired) electrons. The molecule has 3 heterocycles. The van der Waals surface area contributed by atoms with Crippen LogP contribution in [-0.2, 0) is 6.42 Å². The Hall–Kier alpha value is -2.10. The fourth-order valence-corrected chi connectivity index (χ4v) is 5.71. The zero-order valence-electron chi connectivity index (χ0n) is 12.7. The molecule has 1 nitrogen and oxygen atoms in total. The highest BCUT2D eigenvalue weighted by atomic mass is 79.9. The van der Waals surface area contributed by atoms with Crippen LogP contribution in [0.4, 0.5) is 0 Å². The van der Waals surface area contributed by atoms with Gasteiger partial charge >= 0.3 is 0 Å². The van der Waals surface area contributed by atoms with Crippen LogP contribution in [0.15, 0.2) is 65.1 Å². The number of benzene rings is 3. The maximum absolute atomic E-state index is 3.63. The first-order valence-electron chi connectivity index (χ1n) is 8.03. The van der Waals surface area contributed by atoms with Crippen molar-refractivity contribution in [3.05, 3.63) is 76.3 Å². The van der Waals surface area contributed by atoms with Gasteiger partial charge < -0.3 is 4.57 Å². The van der Waals surface area contributed by atoms with E-state index in [9.17, 15) is 0 Å². The Morgan fingerprint density at radius 2 is 1.71 bits per heavy atom. The van der Waals surface area contributed by atoms with Gasteiger partial charge in [0.25, 0.3) is 0 Å². The molecule has 0 amide bonds. The van der Waals surface area contributed by atoms with Crippen LogP contribution in [0, 0.1) is 0 Å². The van der Waals surface area contributed by atoms with Crippen molar-refractivity contribution in [3.63, 3.8) is 0 Å². The Kier molecular flexibility index (Phi) is 2.48. The monoisotopic (exact) mass is 389 g/mol. The number of thiophene rings is 1. The standard InChI is InChI=1S/C21H12BrNS/c22-14-8-9-17-13(11-14)10-12-4-3-6-16-19(12)23(17)20-15-5-1-2-7-18(15)24-21(16)20/h1-9,11H,10H2. The smallest absolute Gasteiger partial charge is 0.0727 e. The molecule has 0 saturated heterocycles. The molecule has 5 aromatic rings. The van der Waals surface area contributed by atoms with Crippen LogP contribution in [0.5, 0.6) is 0 Å². The van der Waals surface area contributed by atoms with Gasteiger partial charge in [-0.25, -0.2) is 0 Å². The third-order valence-corrected chi connectivity index (χ3v) is 6.73. The first-order valence-corrected chi connectivity index (χ1v) is 9.64. The van der Waals surface area contributed by atoms with Crippen LogP contribution < -0.4 is 0 Å². The Balaban J connectivity index is 1.93. The van der Waals surface area contributed by atoms with Gasteiger partial charge in [0.2, 0.25) is 0 Å². The molecular weight excluding hydrogens is 378 g/mol. The maximum Gasteiger partial charge on any atom is 0.0727 e. The molecule has 6 rings (SSSR count). The van der Waals surface area contributed by atoms with E-state index in [1.807, 2.05) is 11.3 Å². The van der Waals surface area contributed by atoms with E-state index in [0.29, 0.717) is 0 Å². The second-order valence-corrected chi connectivity index (χ2v) is 8.34. The molecule has 0 fully saturated rings. The van der Waals surface area contributed by atoms with E-state index in [2.05, 4.69) is 81.2 Å². The molecule has 114 valence electrons. The van der Waals surface area contributed by atoms with Gasteiger partial charge in [-0.05, 0) is 35.4 Å². The van der Waals surface area contributed by atoms with Crippen LogP contribution in [-0.4, -0.2) is 4.57 Å². The highest BCUT2D eigenvalue weighted by molar-refractivity contribution is 9.10. The fraction of sp³-hybridized carbons (Fsp3) is 0.0476. The lowest BCUT2D eigenvalue weighted by Crippen LogP contribution is -2.07. The third-order valence-electron chi connectivity index (χ3n) is 5.04. The molecule has 2 aromatic heterocycles. The Labute approximate surface area is 151 Å². The second-order valence-electron chi connectivity index (χ2n) is 6.37. The van der Waals surface area contributed by atoms with Crippen LogP contribution >= 0.6 is 27.3 Å². The molecule has 0 spiro atoms. The minimum atomic E-state index is 1.00. The predicted octanol–water partition coefficient (Wildman–Crippen LogP) is 6.67. The van der Waals surface area contributed by atoms with Crippen LogP contribution in [0.3, 0.4) is 0 Å². The molecule has 0 saturated carbocycles. The molecule has 0 atom stereocenters. The van der Waals surface area contributed by atoms with E-state index < -0.39 is 0 Å². The van der Waals surface area contributed by atoms with Gasteiger partial charge in [0, 0.05) is 32.1 Å². The third kappa shape index (κ3) is 1.54. The lowest BCUT2D eigenvalue weighted by atomic mass is 9.98. The van der Waals surface area contributed by atoms with Crippen LogP contribution in [0.25, 0.3) is 36.9 Å². The molecule has 24 heavy (non-hydrogen) atoms. The van der Waals surface area contributed by atoms with Gasteiger partial charge in [0.1, 0.15) is 0 Å². The summed E-state index contributed by atoms with van der Waals surface area (Å²) < 4.78 is 6.41. The lowest BCUT2D eigenvalue weighted by Gasteiger charge is -2.21. The van der Waals surface area contributed by atoms with Gasteiger partial charge in [-0.2, -0.15) is 0 Å². The summed E-state index contributed by atoms with van der Waals surface area (Å²) in [4.78, 5) is 0. The highest BCUT2D eigenvalue weighted by Crippen LogP contribution is 2.45. The molecule has 0 aliphatic carbocycles. The van der Waals surface area contributed by atoms with Crippen LogP contribution in [0.2, 0.25) is 0 Å². The van der Waals surface area contributed by atoms with Gasteiger partial charge in [-0.15, -0.1) is 11.3 Å². The summed E-state index contributed by atoms with van der Waals surface area (Å²) in [6, 6.07) is 22.2. The van der Waals surface area contributed by atoms with Gasteiger partial charge in [0.15, 0.2) is 0 Å². The normalized spacial score (nSPS) is 13.0. The molecule has 3 aromatic carbocycles. The first kappa shape index (κ1) is 13.2. The van der Waals surface area contributed by atoms with E-state index >= 15 is 0 Å². The van der Waals surface area contributed by atoms with Gasteiger partial charge in [0.05, 0.1) is 15.7 Å². The van der Waals surface area contributed by atoms with E-state index in [1.54, 1.807) is 0 Å². The number of aromatic nitrogens is 1.